The number of nitrogens with zero attached hydrogens (tertiary/aromatic N) is 3. The van der Waals surface area contributed by atoms with Crippen molar-refractivity contribution in [1.82, 2.24) is 19.7 Å². The number of aryl methyl sites for hydroxylation is 2. The predicted molar refractivity (Wildman–Crippen MR) is 120 cm³/mol. The molecule has 0 radical (unpaired) electrons. The Labute approximate surface area is 182 Å². The van der Waals surface area contributed by atoms with Gasteiger partial charge in [-0.2, -0.15) is 5.10 Å². The summed E-state index contributed by atoms with van der Waals surface area (Å²) >= 11 is 5.43. The standard InChI is InChI=1S/C23H30N4O2S/c1-3-26(4-2)13-6-14-27-22(24-25-23(27)30)21-12-11-20(29-21)16-28-19-10-9-17-7-5-8-18(17)15-19/h9-12,15H,3-8,13-14,16H2,1-2H3,(H,25,30). The third-order valence-electron chi connectivity index (χ3n) is 5.84. The summed E-state index contributed by atoms with van der Waals surface area (Å²) in [6.07, 6.45) is 4.58. The molecular weight excluding hydrogens is 396 g/mol. The predicted octanol–water partition coefficient (Wildman–Crippen LogP) is 5.00. The van der Waals surface area contributed by atoms with Crippen molar-refractivity contribution in [3.63, 3.8) is 0 Å². The molecule has 3 aromatic rings. The minimum atomic E-state index is 0.395. The fourth-order valence-corrected chi connectivity index (χ4v) is 4.30. The monoisotopic (exact) mass is 426 g/mol. The van der Waals surface area contributed by atoms with Gasteiger partial charge in [0.05, 0.1) is 0 Å². The Bertz CT molecular complexity index is 1030. The van der Waals surface area contributed by atoms with E-state index in [4.69, 9.17) is 21.4 Å². The largest absolute Gasteiger partial charge is 0.486 e. The van der Waals surface area contributed by atoms with Crippen molar-refractivity contribution in [2.24, 2.45) is 0 Å². The Morgan fingerprint density at radius 1 is 1.17 bits per heavy atom. The van der Waals surface area contributed by atoms with Gasteiger partial charge in [0.25, 0.3) is 0 Å². The van der Waals surface area contributed by atoms with Crippen LogP contribution in [0.1, 0.15) is 43.6 Å². The molecule has 7 heteroatoms. The van der Waals surface area contributed by atoms with Gasteiger partial charge >= 0.3 is 0 Å². The van der Waals surface area contributed by atoms with E-state index in [-0.39, 0.29) is 0 Å². The quantitative estimate of drug-likeness (QED) is 0.462. The number of hydrogen-bond acceptors (Lipinski definition) is 5. The first kappa shape index (κ1) is 20.9. The topological polar surface area (TPSA) is 59.2 Å². The molecule has 4 rings (SSSR count). The molecule has 1 aliphatic rings. The molecule has 0 unspecified atom stereocenters. The zero-order chi connectivity index (χ0) is 20.9. The van der Waals surface area contributed by atoms with Crippen LogP contribution in [0.4, 0.5) is 0 Å². The van der Waals surface area contributed by atoms with Crippen LogP contribution in [0.5, 0.6) is 5.75 Å². The molecule has 0 amide bonds. The van der Waals surface area contributed by atoms with E-state index < -0.39 is 0 Å². The Morgan fingerprint density at radius 2 is 2.00 bits per heavy atom. The van der Waals surface area contributed by atoms with Gasteiger partial charge in [-0.15, -0.1) is 0 Å². The molecule has 0 aliphatic heterocycles. The molecule has 0 bridgehead atoms. The first-order valence-corrected chi connectivity index (χ1v) is 11.3. The maximum Gasteiger partial charge on any atom is 0.198 e. The van der Waals surface area contributed by atoms with Crippen LogP contribution in [0.2, 0.25) is 0 Å². The van der Waals surface area contributed by atoms with E-state index in [0.29, 0.717) is 17.1 Å². The molecule has 0 saturated heterocycles. The van der Waals surface area contributed by atoms with Gasteiger partial charge < -0.3 is 14.1 Å². The maximum atomic E-state index is 6.02. The van der Waals surface area contributed by atoms with Crippen LogP contribution in [0.3, 0.4) is 0 Å². The summed E-state index contributed by atoms with van der Waals surface area (Å²) in [6, 6.07) is 10.3. The molecule has 2 aromatic heterocycles. The lowest BCUT2D eigenvalue weighted by Gasteiger charge is -2.17. The summed E-state index contributed by atoms with van der Waals surface area (Å²) in [4.78, 5) is 2.41. The van der Waals surface area contributed by atoms with Gasteiger partial charge in [-0.1, -0.05) is 19.9 Å². The smallest absolute Gasteiger partial charge is 0.198 e. The number of fused-ring (bicyclic) bond motifs is 1. The Kier molecular flexibility index (Phi) is 6.69. The molecule has 0 saturated carbocycles. The van der Waals surface area contributed by atoms with E-state index in [1.807, 2.05) is 16.7 Å². The molecule has 0 spiro atoms. The van der Waals surface area contributed by atoms with Gasteiger partial charge in [-0.25, -0.2) is 0 Å². The maximum absolute atomic E-state index is 6.02. The first-order chi connectivity index (χ1) is 14.7. The van der Waals surface area contributed by atoms with Crippen LogP contribution in [0.15, 0.2) is 34.7 Å². The van der Waals surface area contributed by atoms with Crippen LogP contribution in [-0.2, 0) is 26.0 Å². The van der Waals surface area contributed by atoms with Crippen molar-refractivity contribution in [1.29, 1.82) is 0 Å². The van der Waals surface area contributed by atoms with Crippen molar-refractivity contribution in [3.05, 3.63) is 52.0 Å². The lowest BCUT2D eigenvalue weighted by atomic mass is 10.1. The van der Waals surface area contributed by atoms with Gasteiger partial charge in [-0.05, 0) is 92.9 Å². The summed E-state index contributed by atoms with van der Waals surface area (Å²) < 4.78 is 14.6. The summed E-state index contributed by atoms with van der Waals surface area (Å²) in [5, 5.41) is 7.30. The summed E-state index contributed by atoms with van der Waals surface area (Å²) in [7, 11) is 0. The average Bonchev–Trinajstić information content (AvgIpc) is 3.49. The van der Waals surface area contributed by atoms with Crippen LogP contribution >= 0.6 is 12.2 Å². The third-order valence-corrected chi connectivity index (χ3v) is 6.15. The minimum absolute atomic E-state index is 0.395. The van der Waals surface area contributed by atoms with Crippen molar-refractivity contribution in [2.45, 2.75) is 52.7 Å². The van der Waals surface area contributed by atoms with Crippen molar-refractivity contribution >= 4 is 12.2 Å². The highest BCUT2D eigenvalue weighted by Gasteiger charge is 2.15. The Morgan fingerprint density at radius 3 is 2.83 bits per heavy atom. The Hall–Kier alpha value is -2.38. The number of aromatic nitrogens is 3. The van der Waals surface area contributed by atoms with Crippen LogP contribution in [0, 0.1) is 4.77 Å². The second-order valence-electron chi connectivity index (χ2n) is 7.72. The van der Waals surface area contributed by atoms with Crippen LogP contribution in [0.25, 0.3) is 11.6 Å². The van der Waals surface area contributed by atoms with E-state index in [9.17, 15) is 0 Å². The number of aromatic amines is 1. The van der Waals surface area contributed by atoms with Gasteiger partial charge in [-0.3, -0.25) is 9.67 Å². The SMILES string of the molecule is CCN(CC)CCCn1c(-c2ccc(COc3ccc4c(c3)CCC4)o2)n[nH]c1=S. The summed E-state index contributed by atoms with van der Waals surface area (Å²) in [5.41, 5.74) is 2.86. The highest BCUT2D eigenvalue weighted by molar-refractivity contribution is 7.71. The molecule has 1 N–H and O–H groups in total. The van der Waals surface area contributed by atoms with E-state index in [2.05, 4.69) is 47.1 Å². The zero-order valence-corrected chi connectivity index (χ0v) is 18.6. The van der Waals surface area contributed by atoms with Crippen molar-refractivity contribution < 1.29 is 9.15 Å². The normalized spacial score (nSPS) is 13.2. The summed E-state index contributed by atoms with van der Waals surface area (Å²) in [6.45, 7) is 8.74. The van der Waals surface area contributed by atoms with Gasteiger partial charge in [0, 0.05) is 6.54 Å². The zero-order valence-electron chi connectivity index (χ0n) is 17.8. The second-order valence-corrected chi connectivity index (χ2v) is 8.11. The number of hydrogen-bond donors (Lipinski definition) is 1. The number of benzene rings is 1. The average molecular weight is 427 g/mol. The molecular formula is C23H30N4O2S. The van der Waals surface area contributed by atoms with Gasteiger partial charge in [0.1, 0.15) is 18.1 Å². The summed E-state index contributed by atoms with van der Waals surface area (Å²) in [5.74, 6) is 3.11. The first-order valence-electron chi connectivity index (χ1n) is 10.9. The number of ether oxygens (including phenoxy) is 1. The lowest BCUT2D eigenvalue weighted by Crippen LogP contribution is -2.24. The molecule has 160 valence electrons. The second kappa shape index (κ2) is 9.62. The highest BCUT2D eigenvalue weighted by atomic mass is 32.1. The van der Waals surface area contributed by atoms with Crippen LogP contribution in [-0.4, -0.2) is 39.3 Å². The minimum Gasteiger partial charge on any atom is -0.486 e. The number of rotatable bonds is 10. The number of furan rings is 1. The molecule has 1 aliphatic carbocycles. The van der Waals surface area contributed by atoms with Gasteiger partial charge in [0.15, 0.2) is 16.4 Å². The molecule has 6 nitrogen and oxygen atoms in total. The molecule has 0 fully saturated rings. The van der Waals surface area contributed by atoms with E-state index in [0.717, 1.165) is 56.4 Å². The van der Waals surface area contributed by atoms with Crippen molar-refractivity contribution in [2.75, 3.05) is 19.6 Å². The van der Waals surface area contributed by atoms with Gasteiger partial charge in [0.2, 0.25) is 0 Å². The van der Waals surface area contributed by atoms with Crippen molar-refractivity contribution in [3.8, 4) is 17.3 Å². The number of H-pyrrole nitrogens is 1. The third kappa shape index (κ3) is 4.68. The molecule has 30 heavy (non-hydrogen) atoms. The highest BCUT2D eigenvalue weighted by Crippen LogP contribution is 2.27. The van der Waals surface area contributed by atoms with E-state index in [1.165, 1.54) is 24.0 Å². The molecule has 0 atom stereocenters. The van der Waals surface area contributed by atoms with Crippen LogP contribution < -0.4 is 4.74 Å². The molecule has 2 heterocycles. The fraction of sp³-hybridized carbons (Fsp3) is 0.478. The number of nitrogens with one attached hydrogen (secondary N) is 1. The Balaban J connectivity index is 1.39. The lowest BCUT2D eigenvalue weighted by molar-refractivity contribution is 0.271. The van der Waals surface area contributed by atoms with E-state index >= 15 is 0 Å². The fourth-order valence-electron chi connectivity index (χ4n) is 4.07. The molecule has 1 aromatic carbocycles. The van der Waals surface area contributed by atoms with E-state index in [1.54, 1.807) is 0 Å².